The molecule has 1 rings (SSSR count). The van der Waals surface area contributed by atoms with Crippen LogP contribution in [-0.2, 0) is 15.7 Å². The average Bonchev–Trinajstić information content (AvgIpc) is 2.91. The number of thiazole rings is 1. The first-order chi connectivity index (χ1) is 9.79. The summed E-state index contributed by atoms with van der Waals surface area (Å²) in [6, 6.07) is 0. The van der Waals surface area contributed by atoms with Crippen molar-refractivity contribution in [1.29, 1.82) is 0 Å². The van der Waals surface area contributed by atoms with Gasteiger partial charge in [-0.3, -0.25) is 0 Å². The van der Waals surface area contributed by atoms with E-state index in [1.54, 1.807) is 13.2 Å². The van der Waals surface area contributed by atoms with E-state index in [4.69, 9.17) is 0 Å². The first-order valence-corrected chi connectivity index (χ1v) is 9.47. The number of nitrogens with zero attached hydrogens (tertiary/aromatic N) is 2. The van der Waals surface area contributed by atoms with Crippen LogP contribution in [0.4, 0.5) is 0 Å². The van der Waals surface area contributed by atoms with Crippen molar-refractivity contribution in [2.75, 3.05) is 26.7 Å². The Hall–Kier alpha value is -0.540. The lowest BCUT2D eigenvalue weighted by Crippen LogP contribution is -2.48. The topological polar surface area (TPSA) is 74.3 Å². The van der Waals surface area contributed by atoms with Crippen molar-refractivity contribution in [2.24, 2.45) is 0 Å². The molecule has 1 aromatic rings. The van der Waals surface area contributed by atoms with Gasteiger partial charge in [0.25, 0.3) is 10.2 Å². The van der Waals surface area contributed by atoms with Crippen molar-refractivity contribution >= 4 is 21.5 Å². The summed E-state index contributed by atoms with van der Waals surface area (Å²) < 4.78 is 28.7. The molecular formula is C13H26N4O2S2. The van der Waals surface area contributed by atoms with Gasteiger partial charge in [-0.1, -0.05) is 6.92 Å². The largest absolute Gasteiger partial charge is 0.317 e. The van der Waals surface area contributed by atoms with Crippen LogP contribution in [0.3, 0.4) is 0 Å². The molecule has 0 aliphatic rings. The normalized spacial score (nSPS) is 13.0. The van der Waals surface area contributed by atoms with E-state index in [-0.39, 0.29) is 0 Å². The second kappa shape index (κ2) is 8.19. The zero-order valence-electron chi connectivity index (χ0n) is 13.2. The molecule has 0 bridgehead atoms. The summed E-state index contributed by atoms with van der Waals surface area (Å²) in [5.74, 6) is 0. The molecule has 0 aliphatic heterocycles. The van der Waals surface area contributed by atoms with Gasteiger partial charge in [0.1, 0.15) is 5.01 Å². The minimum absolute atomic E-state index is 0.486. The van der Waals surface area contributed by atoms with Gasteiger partial charge in [0, 0.05) is 25.2 Å². The smallest absolute Gasteiger partial charge is 0.280 e. The maximum absolute atomic E-state index is 12.3. The van der Waals surface area contributed by atoms with E-state index < -0.39 is 15.7 Å². The summed E-state index contributed by atoms with van der Waals surface area (Å²) in [6.45, 7) is 8.02. The highest BCUT2D eigenvalue weighted by Crippen LogP contribution is 2.23. The minimum atomic E-state index is -3.51. The van der Waals surface area contributed by atoms with E-state index in [1.165, 1.54) is 15.6 Å². The molecule has 0 fully saturated rings. The van der Waals surface area contributed by atoms with Crippen molar-refractivity contribution in [3.8, 4) is 0 Å². The fourth-order valence-electron chi connectivity index (χ4n) is 1.82. The molecule has 0 saturated carbocycles. The van der Waals surface area contributed by atoms with Crippen LogP contribution in [0.1, 0.15) is 38.6 Å². The Morgan fingerprint density at radius 2 is 2.10 bits per heavy atom. The molecule has 0 unspecified atom stereocenters. The lowest BCUT2D eigenvalue weighted by Gasteiger charge is -2.27. The van der Waals surface area contributed by atoms with E-state index in [1.807, 2.05) is 19.2 Å². The molecular weight excluding hydrogens is 308 g/mol. The van der Waals surface area contributed by atoms with E-state index in [0.717, 1.165) is 30.9 Å². The van der Waals surface area contributed by atoms with E-state index >= 15 is 0 Å². The number of nitrogens with one attached hydrogen (secondary N) is 2. The number of hydrogen-bond donors (Lipinski definition) is 2. The minimum Gasteiger partial charge on any atom is -0.317 e. The molecule has 1 aromatic heterocycles. The van der Waals surface area contributed by atoms with Crippen LogP contribution in [0.15, 0.2) is 11.6 Å². The molecule has 0 amide bonds. The molecule has 0 spiro atoms. The first-order valence-electron chi connectivity index (χ1n) is 7.15. The van der Waals surface area contributed by atoms with Crippen LogP contribution in [-0.4, -0.2) is 44.4 Å². The van der Waals surface area contributed by atoms with Crippen LogP contribution in [0.5, 0.6) is 0 Å². The third kappa shape index (κ3) is 5.99. The second-order valence-electron chi connectivity index (χ2n) is 5.49. The second-order valence-corrected chi connectivity index (χ2v) is 8.17. The molecule has 0 saturated heterocycles. The summed E-state index contributed by atoms with van der Waals surface area (Å²) in [6.07, 6.45) is 3.55. The predicted octanol–water partition coefficient (Wildman–Crippen LogP) is 1.53. The van der Waals surface area contributed by atoms with Crippen molar-refractivity contribution in [1.82, 2.24) is 19.3 Å². The summed E-state index contributed by atoms with van der Waals surface area (Å²) in [5, 5.41) is 5.86. The maximum Gasteiger partial charge on any atom is 0.280 e. The fraction of sp³-hybridized carbons (Fsp3) is 0.769. The predicted molar refractivity (Wildman–Crippen MR) is 87.6 cm³/mol. The molecule has 0 aliphatic carbocycles. The number of aromatic nitrogens is 1. The van der Waals surface area contributed by atoms with Crippen LogP contribution in [0.2, 0.25) is 0 Å². The van der Waals surface area contributed by atoms with Crippen molar-refractivity contribution < 1.29 is 8.42 Å². The van der Waals surface area contributed by atoms with Gasteiger partial charge in [0.05, 0.1) is 5.54 Å². The molecule has 6 nitrogen and oxygen atoms in total. The molecule has 0 radical (unpaired) electrons. The molecule has 21 heavy (non-hydrogen) atoms. The Balaban J connectivity index is 2.52. The molecule has 0 atom stereocenters. The highest BCUT2D eigenvalue weighted by Gasteiger charge is 2.31. The van der Waals surface area contributed by atoms with Crippen molar-refractivity contribution in [3.05, 3.63) is 16.6 Å². The highest BCUT2D eigenvalue weighted by molar-refractivity contribution is 7.87. The van der Waals surface area contributed by atoms with Crippen LogP contribution < -0.4 is 10.0 Å². The van der Waals surface area contributed by atoms with Crippen LogP contribution in [0.25, 0.3) is 0 Å². The monoisotopic (exact) mass is 334 g/mol. The molecule has 1 heterocycles. The Morgan fingerprint density at radius 1 is 1.38 bits per heavy atom. The van der Waals surface area contributed by atoms with Gasteiger partial charge in [-0.25, -0.2) is 4.98 Å². The maximum atomic E-state index is 12.3. The number of hydrogen-bond acceptors (Lipinski definition) is 5. The summed E-state index contributed by atoms with van der Waals surface area (Å²) >= 11 is 1.44. The van der Waals surface area contributed by atoms with Gasteiger partial charge in [0.15, 0.2) is 0 Å². The molecule has 8 heteroatoms. The fourth-order valence-corrected chi connectivity index (χ4v) is 3.87. The third-order valence-corrected chi connectivity index (χ3v) is 5.88. The lowest BCUT2D eigenvalue weighted by atomic mass is 10.1. The summed E-state index contributed by atoms with van der Waals surface area (Å²) in [4.78, 5) is 4.19. The molecule has 122 valence electrons. The van der Waals surface area contributed by atoms with Gasteiger partial charge >= 0.3 is 0 Å². The van der Waals surface area contributed by atoms with Crippen molar-refractivity contribution in [3.63, 3.8) is 0 Å². The first kappa shape index (κ1) is 18.5. The van der Waals surface area contributed by atoms with Gasteiger partial charge in [0.2, 0.25) is 0 Å². The standard InChI is InChI=1S/C13H26N4O2S2/c1-5-7-14-8-6-10-17(4)21(18,19)16-13(2,3)12-15-9-11-20-12/h9,11,14,16H,5-8,10H2,1-4H3. The van der Waals surface area contributed by atoms with Crippen LogP contribution in [0, 0.1) is 0 Å². The van der Waals surface area contributed by atoms with Gasteiger partial charge in [-0.05, 0) is 39.8 Å². The summed E-state index contributed by atoms with van der Waals surface area (Å²) in [5.41, 5.74) is -0.707. The van der Waals surface area contributed by atoms with Crippen molar-refractivity contribution in [2.45, 2.75) is 39.2 Å². The zero-order valence-corrected chi connectivity index (χ0v) is 14.9. The number of rotatable bonds is 10. The van der Waals surface area contributed by atoms with E-state index in [9.17, 15) is 8.42 Å². The lowest BCUT2D eigenvalue weighted by molar-refractivity contribution is 0.407. The van der Waals surface area contributed by atoms with Gasteiger partial charge < -0.3 is 5.32 Å². The third-order valence-electron chi connectivity index (χ3n) is 3.01. The SMILES string of the molecule is CCCNCCCN(C)S(=O)(=O)NC(C)(C)c1nccs1. The quantitative estimate of drug-likeness (QED) is 0.637. The van der Waals surface area contributed by atoms with Crippen LogP contribution >= 0.6 is 11.3 Å². The Kier molecular flexibility index (Phi) is 7.22. The Bertz CT molecular complexity index is 500. The molecule has 0 aromatic carbocycles. The average molecular weight is 335 g/mol. The zero-order chi connectivity index (χ0) is 15.9. The van der Waals surface area contributed by atoms with E-state index in [0.29, 0.717) is 6.54 Å². The summed E-state index contributed by atoms with van der Waals surface area (Å²) in [7, 11) is -1.92. The molecule has 2 N–H and O–H groups in total. The van der Waals surface area contributed by atoms with E-state index in [2.05, 4.69) is 21.9 Å². The Labute approximate surface area is 132 Å². The van der Waals surface area contributed by atoms with Gasteiger partial charge in [-0.2, -0.15) is 17.4 Å². The Morgan fingerprint density at radius 3 is 2.67 bits per heavy atom. The van der Waals surface area contributed by atoms with Gasteiger partial charge in [-0.15, -0.1) is 11.3 Å². The highest BCUT2D eigenvalue weighted by atomic mass is 32.2.